The van der Waals surface area contributed by atoms with Crippen LogP contribution in [0.25, 0.3) is 0 Å². The summed E-state index contributed by atoms with van der Waals surface area (Å²) in [7, 11) is 0. The zero-order valence-corrected chi connectivity index (χ0v) is 16.7. The molecule has 0 aliphatic carbocycles. The van der Waals surface area contributed by atoms with E-state index >= 15 is 0 Å². The average Bonchev–Trinajstić information content (AvgIpc) is 3.33. The Morgan fingerprint density at radius 3 is 2.77 bits per heavy atom. The van der Waals surface area contributed by atoms with E-state index in [1.54, 1.807) is 23.1 Å². The maximum absolute atomic E-state index is 12.9. The molecule has 2 aromatic carbocycles. The number of hydrogen-bond donors (Lipinski definition) is 1. The highest BCUT2D eigenvalue weighted by Crippen LogP contribution is 2.33. The monoisotopic (exact) mass is 410 g/mol. The minimum absolute atomic E-state index is 0.0123. The molecule has 0 spiro atoms. The van der Waals surface area contributed by atoms with Gasteiger partial charge in [-0.2, -0.15) is 0 Å². The highest BCUT2D eigenvalue weighted by atomic mass is 16.7. The van der Waals surface area contributed by atoms with Crippen LogP contribution in [-0.2, 0) is 20.7 Å². The summed E-state index contributed by atoms with van der Waals surface area (Å²) in [6.07, 6.45) is -0.206. The van der Waals surface area contributed by atoms with Gasteiger partial charge in [0, 0.05) is 17.3 Å². The van der Waals surface area contributed by atoms with E-state index in [9.17, 15) is 14.4 Å². The number of amides is 2. The number of fused-ring (bicyclic) bond motifs is 2. The largest absolute Gasteiger partial charge is 0.454 e. The zero-order valence-electron chi connectivity index (χ0n) is 16.7. The van der Waals surface area contributed by atoms with Crippen molar-refractivity contribution in [2.45, 2.75) is 32.4 Å². The molecule has 0 unspecified atom stereocenters. The van der Waals surface area contributed by atoms with Crippen LogP contribution in [0.3, 0.4) is 0 Å². The molecule has 2 aliphatic rings. The normalized spacial score (nSPS) is 17.3. The van der Waals surface area contributed by atoms with Crippen LogP contribution in [0, 0.1) is 0 Å². The number of para-hydroxylation sites is 1. The lowest BCUT2D eigenvalue weighted by Gasteiger charge is -2.26. The van der Waals surface area contributed by atoms with Gasteiger partial charge in [0.2, 0.25) is 6.79 Å². The van der Waals surface area contributed by atoms with Crippen LogP contribution in [0.1, 0.15) is 29.8 Å². The maximum Gasteiger partial charge on any atom is 0.326 e. The first-order valence-electron chi connectivity index (χ1n) is 9.72. The predicted octanol–water partition coefficient (Wildman–Crippen LogP) is 2.05. The number of nitrogens with one attached hydrogen (secondary N) is 1. The van der Waals surface area contributed by atoms with Crippen molar-refractivity contribution in [2.24, 2.45) is 0 Å². The van der Waals surface area contributed by atoms with Gasteiger partial charge in [-0.1, -0.05) is 18.2 Å². The van der Waals surface area contributed by atoms with Crippen LogP contribution in [0.15, 0.2) is 42.5 Å². The van der Waals surface area contributed by atoms with Gasteiger partial charge < -0.3 is 24.4 Å². The van der Waals surface area contributed by atoms with Gasteiger partial charge in [-0.05, 0) is 50.1 Å². The predicted molar refractivity (Wildman–Crippen MR) is 108 cm³/mol. The fourth-order valence-corrected chi connectivity index (χ4v) is 3.68. The summed E-state index contributed by atoms with van der Waals surface area (Å²) < 4.78 is 15.7. The Morgan fingerprint density at radius 2 is 1.93 bits per heavy atom. The van der Waals surface area contributed by atoms with Crippen LogP contribution >= 0.6 is 0 Å². The summed E-state index contributed by atoms with van der Waals surface area (Å²) in [5, 5.41) is 2.49. The third-order valence-corrected chi connectivity index (χ3v) is 5.13. The Morgan fingerprint density at radius 1 is 1.17 bits per heavy atom. The number of ether oxygens (including phenoxy) is 3. The standard InChI is InChI=1S/C22H22N2O6/c1-13-9-15-5-3-4-6-17(15)24(13)22(27)14(2)30-20(25)11-23-21(26)16-7-8-18-19(10-16)29-12-28-18/h3-8,10,13-14H,9,11-12H2,1-2H3,(H,23,26)/t13-,14+/m0/s1. The number of rotatable bonds is 5. The van der Waals surface area contributed by atoms with Crippen LogP contribution in [0.2, 0.25) is 0 Å². The molecular formula is C22H22N2O6. The van der Waals surface area contributed by atoms with E-state index in [0.717, 1.165) is 17.7 Å². The van der Waals surface area contributed by atoms with E-state index in [-0.39, 0.29) is 25.3 Å². The lowest BCUT2D eigenvalue weighted by Crippen LogP contribution is -2.44. The van der Waals surface area contributed by atoms with E-state index < -0.39 is 18.0 Å². The topological polar surface area (TPSA) is 94.2 Å². The Bertz CT molecular complexity index is 1000. The Balaban J connectivity index is 1.31. The fourth-order valence-electron chi connectivity index (χ4n) is 3.68. The van der Waals surface area contributed by atoms with Crippen molar-refractivity contribution in [2.75, 3.05) is 18.2 Å². The molecule has 2 heterocycles. The average molecular weight is 410 g/mol. The molecule has 8 heteroatoms. The van der Waals surface area contributed by atoms with Gasteiger partial charge >= 0.3 is 5.97 Å². The molecule has 4 rings (SSSR count). The minimum atomic E-state index is -0.964. The van der Waals surface area contributed by atoms with Crippen LogP contribution in [-0.4, -0.2) is 43.3 Å². The van der Waals surface area contributed by atoms with Gasteiger partial charge in [0.25, 0.3) is 11.8 Å². The molecule has 1 N–H and O–H groups in total. The van der Waals surface area contributed by atoms with E-state index in [1.165, 1.54) is 6.92 Å². The lowest BCUT2D eigenvalue weighted by atomic mass is 10.1. The highest BCUT2D eigenvalue weighted by molar-refractivity contribution is 6.00. The van der Waals surface area contributed by atoms with Gasteiger partial charge in [0.15, 0.2) is 17.6 Å². The molecule has 0 saturated heterocycles. The molecule has 2 amide bonds. The number of esters is 1. The van der Waals surface area contributed by atoms with E-state index in [2.05, 4.69) is 5.32 Å². The first-order valence-corrected chi connectivity index (χ1v) is 9.72. The van der Waals surface area contributed by atoms with Gasteiger partial charge in [-0.3, -0.25) is 14.4 Å². The molecule has 0 saturated carbocycles. The van der Waals surface area contributed by atoms with Crippen molar-refractivity contribution >= 4 is 23.5 Å². The highest BCUT2D eigenvalue weighted by Gasteiger charge is 2.34. The second kappa shape index (κ2) is 8.06. The van der Waals surface area contributed by atoms with E-state index in [0.29, 0.717) is 17.1 Å². The maximum atomic E-state index is 12.9. The van der Waals surface area contributed by atoms with Gasteiger partial charge in [-0.25, -0.2) is 0 Å². The van der Waals surface area contributed by atoms with Crippen molar-refractivity contribution in [1.29, 1.82) is 0 Å². The summed E-state index contributed by atoms with van der Waals surface area (Å²) in [6.45, 7) is 3.25. The summed E-state index contributed by atoms with van der Waals surface area (Å²) in [5.41, 5.74) is 2.26. The molecule has 30 heavy (non-hydrogen) atoms. The van der Waals surface area contributed by atoms with Gasteiger partial charge in [0.1, 0.15) is 6.54 Å². The minimum Gasteiger partial charge on any atom is -0.454 e. The first-order chi connectivity index (χ1) is 14.4. The molecule has 0 bridgehead atoms. The molecule has 2 aromatic rings. The van der Waals surface area contributed by atoms with Crippen LogP contribution in [0.4, 0.5) is 5.69 Å². The number of carbonyl (C=O) groups excluding carboxylic acids is 3. The van der Waals surface area contributed by atoms with Gasteiger partial charge in [0.05, 0.1) is 0 Å². The summed E-state index contributed by atoms with van der Waals surface area (Å²) in [4.78, 5) is 39.0. The Labute approximate surface area is 173 Å². The molecule has 0 fully saturated rings. The number of nitrogens with zero attached hydrogens (tertiary/aromatic N) is 1. The SMILES string of the molecule is C[C@@H](OC(=O)CNC(=O)c1ccc2c(c1)OCO2)C(=O)N1c2ccccc2C[C@@H]1C. The number of anilines is 1. The van der Waals surface area contributed by atoms with Crippen LogP contribution < -0.4 is 19.7 Å². The van der Waals surface area contributed by atoms with Crippen molar-refractivity contribution in [3.63, 3.8) is 0 Å². The molecule has 156 valence electrons. The van der Waals surface area contributed by atoms with E-state index in [4.69, 9.17) is 14.2 Å². The van der Waals surface area contributed by atoms with Crippen molar-refractivity contribution < 1.29 is 28.6 Å². The smallest absolute Gasteiger partial charge is 0.326 e. The zero-order chi connectivity index (χ0) is 21.3. The molecule has 0 radical (unpaired) electrons. The number of carbonyl (C=O) groups is 3. The Kier molecular flexibility index (Phi) is 5.31. The second-order valence-electron chi connectivity index (χ2n) is 7.27. The Hall–Kier alpha value is -3.55. The lowest BCUT2D eigenvalue weighted by molar-refractivity contribution is -0.152. The molecular weight excluding hydrogens is 388 g/mol. The summed E-state index contributed by atoms with van der Waals surface area (Å²) >= 11 is 0. The quantitative estimate of drug-likeness (QED) is 0.759. The molecule has 8 nitrogen and oxygen atoms in total. The summed E-state index contributed by atoms with van der Waals surface area (Å²) in [5.74, 6) is -0.389. The first kappa shape index (κ1) is 19.8. The molecule has 0 aromatic heterocycles. The molecule has 2 aliphatic heterocycles. The summed E-state index contributed by atoms with van der Waals surface area (Å²) in [6, 6.07) is 12.4. The number of hydrogen-bond acceptors (Lipinski definition) is 6. The number of benzene rings is 2. The molecule has 2 atom stereocenters. The van der Waals surface area contributed by atoms with Crippen molar-refractivity contribution in [1.82, 2.24) is 5.32 Å². The van der Waals surface area contributed by atoms with Crippen molar-refractivity contribution in [3.8, 4) is 11.5 Å². The van der Waals surface area contributed by atoms with Crippen molar-refractivity contribution in [3.05, 3.63) is 53.6 Å². The van der Waals surface area contributed by atoms with E-state index in [1.807, 2.05) is 31.2 Å². The third kappa shape index (κ3) is 3.80. The fraction of sp³-hybridized carbons (Fsp3) is 0.318. The van der Waals surface area contributed by atoms with Gasteiger partial charge in [-0.15, -0.1) is 0 Å². The second-order valence-corrected chi connectivity index (χ2v) is 7.27. The van der Waals surface area contributed by atoms with Crippen LogP contribution in [0.5, 0.6) is 11.5 Å². The third-order valence-electron chi connectivity index (χ3n) is 5.13.